The molecule has 0 unspecified atom stereocenters. The monoisotopic (exact) mass is 270 g/mol. The zero-order chi connectivity index (χ0) is 13.2. The van der Waals surface area contributed by atoms with E-state index < -0.39 is 0 Å². The second kappa shape index (κ2) is 4.90. The third-order valence-electron chi connectivity index (χ3n) is 3.27. The normalized spacial score (nSPS) is 10.9. The summed E-state index contributed by atoms with van der Waals surface area (Å²) >= 11 is 1.59. The largest absolute Gasteiger partial charge is 0.399 e. The zero-order valence-electron chi connectivity index (χ0n) is 10.4. The molecular weight excluding hydrogens is 256 g/mol. The van der Waals surface area contributed by atoms with Crippen LogP contribution in [0.4, 0.5) is 5.69 Å². The minimum atomic E-state index is 0.0771. The number of fused-ring (bicyclic) bond motifs is 1. The summed E-state index contributed by atoms with van der Waals surface area (Å²) < 4.78 is 2.79. The fourth-order valence-electron chi connectivity index (χ4n) is 2.19. The topological polar surface area (TPSA) is 48.0 Å². The van der Waals surface area contributed by atoms with E-state index in [-0.39, 0.29) is 5.56 Å². The van der Waals surface area contributed by atoms with Crippen molar-refractivity contribution in [2.24, 2.45) is 0 Å². The Balaban J connectivity index is 1.88. The van der Waals surface area contributed by atoms with Crippen LogP contribution in [-0.4, -0.2) is 4.57 Å². The second-order valence-electron chi connectivity index (χ2n) is 4.46. The molecule has 0 aliphatic rings. The Morgan fingerprint density at radius 3 is 2.84 bits per heavy atom. The van der Waals surface area contributed by atoms with Crippen LogP contribution in [-0.2, 0) is 13.0 Å². The molecule has 3 aromatic rings. The molecule has 0 bridgehead atoms. The number of nitrogens with zero attached hydrogens (tertiary/aromatic N) is 1. The molecule has 0 aliphatic carbocycles. The Hall–Kier alpha value is -2.07. The van der Waals surface area contributed by atoms with Crippen LogP contribution in [0.2, 0.25) is 0 Å². The van der Waals surface area contributed by atoms with E-state index in [9.17, 15) is 4.79 Å². The first-order valence-corrected chi connectivity index (χ1v) is 7.04. The van der Waals surface area contributed by atoms with Crippen LogP contribution < -0.4 is 11.3 Å². The highest BCUT2D eigenvalue weighted by Crippen LogP contribution is 2.17. The van der Waals surface area contributed by atoms with E-state index in [4.69, 9.17) is 5.73 Å². The van der Waals surface area contributed by atoms with E-state index in [0.29, 0.717) is 6.54 Å². The standard InChI is InChI=1S/C15H14N2OS/c16-13-4-2-1-3-11(13)5-8-17-9-6-14-12(15(17)18)7-10-19-14/h1-4,6-7,9-10H,5,8,16H2. The quantitative estimate of drug-likeness (QED) is 0.744. The number of hydrogen-bond acceptors (Lipinski definition) is 3. The summed E-state index contributed by atoms with van der Waals surface area (Å²) in [5.41, 5.74) is 7.86. The first-order chi connectivity index (χ1) is 9.25. The van der Waals surface area contributed by atoms with Crippen LogP contribution in [0.5, 0.6) is 0 Å². The Kier molecular flexibility index (Phi) is 3.09. The highest BCUT2D eigenvalue weighted by atomic mass is 32.1. The van der Waals surface area contributed by atoms with Crippen molar-refractivity contribution in [1.82, 2.24) is 4.57 Å². The summed E-state index contributed by atoms with van der Waals surface area (Å²) in [4.78, 5) is 12.2. The Bertz CT molecular complexity index is 773. The smallest absolute Gasteiger partial charge is 0.259 e. The minimum absolute atomic E-state index is 0.0771. The van der Waals surface area contributed by atoms with Crippen LogP contribution in [0.25, 0.3) is 10.1 Å². The lowest BCUT2D eigenvalue weighted by molar-refractivity contribution is 0.676. The molecule has 19 heavy (non-hydrogen) atoms. The number of pyridine rings is 1. The van der Waals surface area contributed by atoms with Crippen molar-refractivity contribution in [3.05, 3.63) is 63.9 Å². The molecule has 2 N–H and O–H groups in total. The van der Waals surface area contributed by atoms with Gasteiger partial charge >= 0.3 is 0 Å². The molecule has 0 amide bonds. The van der Waals surface area contributed by atoms with Crippen LogP contribution in [0.3, 0.4) is 0 Å². The number of nitrogens with two attached hydrogens (primary N) is 1. The van der Waals surface area contributed by atoms with Crippen molar-refractivity contribution < 1.29 is 0 Å². The van der Waals surface area contributed by atoms with Crippen LogP contribution in [0, 0.1) is 0 Å². The van der Waals surface area contributed by atoms with Gasteiger partial charge in [-0.25, -0.2) is 0 Å². The summed E-state index contributed by atoms with van der Waals surface area (Å²) in [6.45, 7) is 0.652. The summed E-state index contributed by atoms with van der Waals surface area (Å²) in [6, 6.07) is 11.7. The third kappa shape index (κ3) is 2.27. The summed E-state index contributed by atoms with van der Waals surface area (Å²) in [6.07, 6.45) is 2.63. The number of aryl methyl sites for hydroxylation is 2. The Labute approximate surface area is 114 Å². The first kappa shape index (κ1) is 12.0. The third-order valence-corrected chi connectivity index (χ3v) is 4.15. The summed E-state index contributed by atoms with van der Waals surface area (Å²) in [7, 11) is 0. The van der Waals surface area contributed by atoms with Gasteiger partial charge in [-0.3, -0.25) is 4.79 Å². The van der Waals surface area contributed by atoms with Gasteiger partial charge in [0, 0.05) is 23.1 Å². The molecule has 0 radical (unpaired) electrons. The first-order valence-electron chi connectivity index (χ1n) is 6.16. The van der Waals surface area contributed by atoms with Gasteiger partial charge in [-0.1, -0.05) is 18.2 Å². The number of rotatable bonds is 3. The van der Waals surface area contributed by atoms with Gasteiger partial charge in [0.05, 0.1) is 5.39 Å². The molecule has 96 valence electrons. The van der Waals surface area contributed by atoms with Crippen molar-refractivity contribution in [3.8, 4) is 0 Å². The number of anilines is 1. The van der Waals surface area contributed by atoms with E-state index in [1.807, 2.05) is 48.0 Å². The highest BCUT2D eigenvalue weighted by Gasteiger charge is 2.04. The molecule has 2 heterocycles. The molecule has 0 saturated heterocycles. The molecule has 0 aliphatic heterocycles. The Morgan fingerprint density at radius 2 is 2.00 bits per heavy atom. The maximum atomic E-state index is 12.2. The fourth-order valence-corrected chi connectivity index (χ4v) is 2.96. The van der Waals surface area contributed by atoms with Gasteiger partial charge in [0.15, 0.2) is 0 Å². The maximum Gasteiger partial charge on any atom is 0.259 e. The zero-order valence-corrected chi connectivity index (χ0v) is 11.2. The molecule has 0 fully saturated rings. The number of nitrogen functional groups attached to an aromatic ring is 1. The Morgan fingerprint density at radius 1 is 1.16 bits per heavy atom. The maximum absolute atomic E-state index is 12.2. The van der Waals surface area contributed by atoms with Gasteiger partial charge < -0.3 is 10.3 Å². The lowest BCUT2D eigenvalue weighted by Gasteiger charge is -2.08. The number of benzene rings is 1. The van der Waals surface area contributed by atoms with Crippen molar-refractivity contribution in [3.63, 3.8) is 0 Å². The molecular formula is C15H14N2OS. The molecule has 3 rings (SSSR count). The van der Waals surface area contributed by atoms with Crippen molar-refractivity contribution in [2.75, 3.05) is 5.73 Å². The molecule has 1 aromatic carbocycles. The molecule has 3 nitrogen and oxygen atoms in total. The van der Waals surface area contributed by atoms with E-state index in [1.54, 1.807) is 15.9 Å². The average molecular weight is 270 g/mol. The number of para-hydroxylation sites is 1. The second-order valence-corrected chi connectivity index (χ2v) is 5.41. The number of hydrogen-bond donors (Lipinski definition) is 1. The van der Waals surface area contributed by atoms with Crippen LogP contribution in [0.1, 0.15) is 5.56 Å². The molecule has 2 aromatic heterocycles. The van der Waals surface area contributed by atoms with Gasteiger partial charge in [-0.05, 0) is 35.6 Å². The number of thiophene rings is 1. The van der Waals surface area contributed by atoms with Crippen molar-refractivity contribution in [2.45, 2.75) is 13.0 Å². The van der Waals surface area contributed by atoms with E-state index >= 15 is 0 Å². The predicted octanol–water partition coefficient (Wildman–Crippen LogP) is 2.89. The van der Waals surface area contributed by atoms with E-state index in [2.05, 4.69) is 0 Å². The van der Waals surface area contributed by atoms with Gasteiger partial charge in [0.2, 0.25) is 0 Å². The van der Waals surface area contributed by atoms with E-state index in [1.165, 1.54) is 0 Å². The number of aromatic nitrogens is 1. The fraction of sp³-hybridized carbons (Fsp3) is 0.133. The van der Waals surface area contributed by atoms with Crippen molar-refractivity contribution >= 4 is 27.1 Å². The summed E-state index contributed by atoms with van der Waals surface area (Å²) in [5.74, 6) is 0. The average Bonchev–Trinajstić information content (AvgIpc) is 2.89. The summed E-state index contributed by atoms with van der Waals surface area (Å²) in [5, 5.41) is 2.75. The van der Waals surface area contributed by atoms with E-state index in [0.717, 1.165) is 27.8 Å². The van der Waals surface area contributed by atoms with Crippen LogP contribution >= 0.6 is 11.3 Å². The lowest BCUT2D eigenvalue weighted by atomic mass is 10.1. The lowest BCUT2D eigenvalue weighted by Crippen LogP contribution is -2.20. The van der Waals surface area contributed by atoms with Gasteiger partial charge in [-0.15, -0.1) is 11.3 Å². The van der Waals surface area contributed by atoms with Gasteiger partial charge in [0.25, 0.3) is 5.56 Å². The van der Waals surface area contributed by atoms with Gasteiger partial charge in [0.1, 0.15) is 0 Å². The SMILES string of the molecule is Nc1ccccc1CCn1ccc2sccc2c1=O. The molecule has 4 heteroatoms. The molecule has 0 spiro atoms. The van der Waals surface area contributed by atoms with Crippen LogP contribution in [0.15, 0.2) is 52.8 Å². The molecule has 0 saturated carbocycles. The van der Waals surface area contributed by atoms with Crippen molar-refractivity contribution in [1.29, 1.82) is 0 Å². The van der Waals surface area contributed by atoms with Gasteiger partial charge in [-0.2, -0.15) is 0 Å². The highest BCUT2D eigenvalue weighted by molar-refractivity contribution is 7.17. The molecule has 0 atom stereocenters. The minimum Gasteiger partial charge on any atom is -0.399 e. The predicted molar refractivity (Wildman–Crippen MR) is 80.6 cm³/mol.